The Balaban J connectivity index is 2.23. The van der Waals surface area contributed by atoms with Crippen molar-refractivity contribution in [2.45, 2.75) is 6.42 Å². The van der Waals surface area contributed by atoms with Crippen LogP contribution in [0.15, 0.2) is 54.6 Å². The molecule has 0 fully saturated rings. The Morgan fingerprint density at radius 3 is 2.53 bits per heavy atom. The number of benzene rings is 2. The molecular formula is C16H13FO2. The molecule has 0 aliphatic rings. The Bertz CT molecular complexity index is 603. The normalized spacial score (nSPS) is 10.8. The first-order chi connectivity index (χ1) is 9.16. The molecule has 0 spiro atoms. The van der Waals surface area contributed by atoms with E-state index in [1.54, 1.807) is 18.2 Å². The number of aliphatic carboxylic acids is 1. The van der Waals surface area contributed by atoms with Gasteiger partial charge in [-0.3, -0.25) is 4.79 Å². The van der Waals surface area contributed by atoms with Crippen LogP contribution < -0.4 is 0 Å². The average Bonchev–Trinajstić information content (AvgIpc) is 2.39. The lowest BCUT2D eigenvalue weighted by atomic mass is 10.0. The molecular weight excluding hydrogens is 243 g/mol. The second-order valence-electron chi connectivity index (χ2n) is 4.11. The van der Waals surface area contributed by atoms with Crippen LogP contribution in [0.5, 0.6) is 0 Å². The lowest BCUT2D eigenvalue weighted by molar-refractivity contribution is -0.135. The number of hydrogen-bond acceptors (Lipinski definition) is 1. The summed E-state index contributed by atoms with van der Waals surface area (Å²) in [5.41, 5.74) is 2.01. The first-order valence-corrected chi connectivity index (χ1v) is 5.90. The fourth-order valence-corrected chi connectivity index (χ4v) is 1.78. The lowest BCUT2D eigenvalue weighted by Crippen LogP contribution is -1.90. The highest BCUT2D eigenvalue weighted by molar-refractivity contribution is 5.71. The maximum absolute atomic E-state index is 14.0. The summed E-state index contributed by atoms with van der Waals surface area (Å²) in [6, 6.07) is 14.2. The van der Waals surface area contributed by atoms with Crippen molar-refractivity contribution >= 4 is 12.0 Å². The molecule has 0 aliphatic heterocycles. The predicted octanol–water partition coefficient (Wildman–Crippen LogP) is 3.98. The van der Waals surface area contributed by atoms with Crippen LogP contribution in [0.2, 0.25) is 0 Å². The zero-order valence-electron chi connectivity index (χ0n) is 10.2. The molecule has 0 unspecified atom stereocenters. The Morgan fingerprint density at radius 1 is 1.16 bits per heavy atom. The number of rotatable bonds is 4. The highest BCUT2D eigenvalue weighted by Crippen LogP contribution is 2.23. The monoisotopic (exact) mass is 256 g/mol. The number of carboxylic acid groups (broad SMARTS) is 1. The van der Waals surface area contributed by atoms with Gasteiger partial charge >= 0.3 is 5.97 Å². The van der Waals surface area contributed by atoms with Gasteiger partial charge in [0.15, 0.2) is 0 Å². The van der Waals surface area contributed by atoms with Gasteiger partial charge in [-0.25, -0.2) is 4.39 Å². The van der Waals surface area contributed by atoms with Crippen molar-refractivity contribution in [3.05, 3.63) is 66.0 Å². The van der Waals surface area contributed by atoms with Crippen molar-refractivity contribution in [2.24, 2.45) is 0 Å². The number of carboxylic acids is 1. The molecule has 2 aromatic carbocycles. The minimum Gasteiger partial charge on any atom is -0.481 e. The summed E-state index contributed by atoms with van der Waals surface area (Å²) in [5, 5.41) is 8.51. The van der Waals surface area contributed by atoms with Gasteiger partial charge in [0.1, 0.15) is 5.82 Å². The van der Waals surface area contributed by atoms with Crippen LogP contribution in [0.3, 0.4) is 0 Å². The van der Waals surface area contributed by atoms with E-state index >= 15 is 0 Å². The van der Waals surface area contributed by atoms with Gasteiger partial charge in [0.25, 0.3) is 0 Å². The fourth-order valence-electron chi connectivity index (χ4n) is 1.78. The molecule has 0 saturated carbocycles. The zero-order chi connectivity index (χ0) is 13.7. The smallest absolute Gasteiger partial charge is 0.307 e. The van der Waals surface area contributed by atoms with E-state index in [0.29, 0.717) is 11.1 Å². The van der Waals surface area contributed by atoms with E-state index in [1.807, 2.05) is 30.3 Å². The van der Waals surface area contributed by atoms with E-state index in [9.17, 15) is 9.18 Å². The molecule has 0 amide bonds. The Hall–Kier alpha value is -2.42. The second-order valence-corrected chi connectivity index (χ2v) is 4.11. The molecule has 96 valence electrons. The predicted molar refractivity (Wildman–Crippen MR) is 73.1 cm³/mol. The molecule has 2 nitrogen and oxygen atoms in total. The lowest BCUT2D eigenvalue weighted by Gasteiger charge is -2.04. The van der Waals surface area contributed by atoms with E-state index in [0.717, 1.165) is 5.56 Å². The largest absolute Gasteiger partial charge is 0.481 e. The molecule has 0 radical (unpaired) electrons. The minimum absolute atomic E-state index is 0.0674. The van der Waals surface area contributed by atoms with Crippen molar-refractivity contribution < 1.29 is 14.3 Å². The summed E-state index contributed by atoms with van der Waals surface area (Å²) in [7, 11) is 0. The standard InChI is InChI=1S/C16H13FO2/c17-15-11-12(5-4-8-16(18)19)9-10-14(15)13-6-2-1-3-7-13/h1-7,9-11H,8H2,(H,18,19)/b5-4+. The molecule has 2 rings (SSSR count). The third-order valence-corrected chi connectivity index (χ3v) is 2.68. The van der Waals surface area contributed by atoms with E-state index in [2.05, 4.69) is 0 Å². The Labute approximate surface area is 110 Å². The van der Waals surface area contributed by atoms with Crippen LogP contribution in [0.4, 0.5) is 4.39 Å². The van der Waals surface area contributed by atoms with Gasteiger partial charge in [0, 0.05) is 5.56 Å². The van der Waals surface area contributed by atoms with Gasteiger partial charge in [0.2, 0.25) is 0 Å². The summed E-state index contributed by atoms with van der Waals surface area (Å²) in [6.07, 6.45) is 3.04. The molecule has 3 heteroatoms. The second kappa shape index (κ2) is 5.96. The zero-order valence-corrected chi connectivity index (χ0v) is 10.2. The SMILES string of the molecule is O=C(O)C/C=C/c1ccc(-c2ccccc2)c(F)c1. The van der Waals surface area contributed by atoms with Gasteiger partial charge in [-0.15, -0.1) is 0 Å². The molecule has 0 bridgehead atoms. The van der Waals surface area contributed by atoms with Crippen LogP contribution >= 0.6 is 0 Å². The van der Waals surface area contributed by atoms with Gasteiger partial charge in [-0.2, -0.15) is 0 Å². The maximum atomic E-state index is 14.0. The van der Waals surface area contributed by atoms with Crippen LogP contribution in [-0.4, -0.2) is 11.1 Å². The van der Waals surface area contributed by atoms with Gasteiger partial charge in [-0.05, 0) is 17.2 Å². The topological polar surface area (TPSA) is 37.3 Å². The van der Waals surface area contributed by atoms with E-state index < -0.39 is 5.97 Å². The fraction of sp³-hybridized carbons (Fsp3) is 0.0625. The molecule has 0 heterocycles. The van der Waals surface area contributed by atoms with Gasteiger partial charge < -0.3 is 5.11 Å². The third-order valence-electron chi connectivity index (χ3n) is 2.68. The van der Waals surface area contributed by atoms with E-state index in [-0.39, 0.29) is 12.2 Å². The highest BCUT2D eigenvalue weighted by Gasteiger charge is 2.04. The van der Waals surface area contributed by atoms with E-state index in [1.165, 1.54) is 12.1 Å². The third kappa shape index (κ3) is 3.52. The highest BCUT2D eigenvalue weighted by atomic mass is 19.1. The Morgan fingerprint density at radius 2 is 1.89 bits per heavy atom. The van der Waals surface area contributed by atoms with Crippen LogP contribution in [0.1, 0.15) is 12.0 Å². The summed E-state index contributed by atoms with van der Waals surface area (Å²) < 4.78 is 14.0. The summed E-state index contributed by atoms with van der Waals surface area (Å²) in [4.78, 5) is 10.4. The quantitative estimate of drug-likeness (QED) is 0.898. The molecule has 0 aliphatic carbocycles. The number of hydrogen-bond donors (Lipinski definition) is 1. The van der Waals surface area contributed by atoms with Crippen LogP contribution in [0.25, 0.3) is 17.2 Å². The van der Waals surface area contributed by atoms with Crippen LogP contribution in [-0.2, 0) is 4.79 Å². The van der Waals surface area contributed by atoms with Crippen LogP contribution in [0, 0.1) is 5.82 Å². The number of halogens is 1. The van der Waals surface area contributed by atoms with Crippen molar-refractivity contribution in [1.29, 1.82) is 0 Å². The molecule has 0 atom stereocenters. The summed E-state index contributed by atoms with van der Waals surface area (Å²) in [6.45, 7) is 0. The number of carbonyl (C=O) groups is 1. The van der Waals surface area contributed by atoms with Gasteiger partial charge in [-0.1, -0.05) is 54.6 Å². The average molecular weight is 256 g/mol. The first kappa shape index (κ1) is 13.0. The summed E-state index contributed by atoms with van der Waals surface area (Å²) in [5.74, 6) is -1.22. The molecule has 1 N–H and O–H groups in total. The summed E-state index contributed by atoms with van der Waals surface area (Å²) >= 11 is 0. The Kier molecular flexibility index (Phi) is 4.08. The van der Waals surface area contributed by atoms with Crippen molar-refractivity contribution in [3.63, 3.8) is 0 Å². The maximum Gasteiger partial charge on any atom is 0.307 e. The molecule has 19 heavy (non-hydrogen) atoms. The first-order valence-electron chi connectivity index (χ1n) is 5.90. The minimum atomic E-state index is -0.905. The van der Waals surface area contributed by atoms with Crippen molar-refractivity contribution in [1.82, 2.24) is 0 Å². The van der Waals surface area contributed by atoms with E-state index in [4.69, 9.17) is 5.11 Å². The van der Waals surface area contributed by atoms with Gasteiger partial charge in [0.05, 0.1) is 6.42 Å². The molecule has 0 saturated heterocycles. The molecule has 0 aromatic heterocycles. The molecule has 2 aromatic rings. The van der Waals surface area contributed by atoms with Crippen molar-refractivity contribution in [2.75, 3.05) is 0 Å². The van der Waals surface area contributed by atoms with Crippen molar-refractivity contribution in [3.8, 4) is 11.1 Å².